The molecule has 0 aliphatic rings. The molecule has 4 nitrogen and oxygen atoms in total. The average Bonchev–Trinajstić information content (AvgIpc) is 2.42. The van der Waals surface area contributed by atoms with Gasteiger partial charge in [-0.25, -0.2) is 0 Å². The lowest BCUT2D eigenvalue weighted by atomic mass is 9.85. The van der Waals surface area contributed by atoms with E-state index in [4.69, 9.17) is 10.5 Å². The molecule has 0 bridgehead atoms. The van der Waals surface area contributed by atoms with E-state index in [-0.39, 0.29) is 12.0 Å². The van der Waals surface area contributed by atoms with Crippen LogP contribution in [0.25, 0.3) is 0 Å². The van der Waals surface area contributed by atoms with Crippen LogP contribution in [0.2, 0.25) is 0 Å². The van der Waals surface area contributed by atoms with Gasteiger partial charge in [-0.05, 0) is 29.0 Å². The minimum absolute atomic E-state index is 0.0319. The Morgan fingerprint density at radius 3 is 2.50 bits per heavy atom. The molecule has 2 N–H and O–H groups in total. The predicted molar refractivity (Wildman–Crippen MR) is 80.0 cm³/mol. The molecule has 1 unspecified atom stereocenters. The van der Waals surface area contributed by atoms with Gasteiger partial charge in [-0.1, -0.05) is 39.8 Å². The van der Waals surface area contributed by atoms with Gasteiger partial charge in [0.2, 0.25) is 0 Å². The van der Waals surface area contributed by atoms with E-state index in [1.165, 1.54) is 12.7 Å². The van der Waals surface area contributed by atoms with Crippen LogP contribution in [0, 0.1) is 0 Å². The molecular formula is C16H25NO3. The summed E-state index contributed by atoms with van der Waals surface area (Å²) < 4.78 is 10.3. The highest BCUT2D eigenvalue weighted by Gasteiger charge is 2.21. The van der Waals surface area contributed by atoms with E-state index < -0.39 is 12.0 Å². The summed E-state index contributed by atoms with van der Waals surface area (Å²) in [4.78, 5) is 11.3. The monoisotopic (exact) mass is 279 g/mol. The van der Waals surface area contributed by atoms with Crippen LogP contribution in [0.1, 0.15) is 38.8 Å². The molecule has 4 heteroatoms. The number of benzene rings is 1. The summed E-state index contributed by atoms with van der Waals surface area (Å²) in [5.74, 6) is 0.307. The van der Waals surface area contributed by atoms with E-state index in [1.54, 1.807) is 0 Å². The maximum atomic E-state index is 11.3. The highest BCUT2D eigenvalue weighted by atomic mass is 16.5. The second-order valence-corrected chi connectivity index (χ2v) is 5.87. The molecule has 0 saturated heterocycles. The summed E-state index contributed by atoms with van der Waals surface area (Å²) in [5.41, 5.74) is 8.04. The fraction of sp³-hybridized carbons (Fsp3) is 0.562. The lowest BCUT2D eigenvalue weighted by Gasteiger charge is -2.24. The number of rotatable bonds is 5. The van der Waals surface area contributed by atoms with Crippen molar-refractivity contribution < 1.29 is 14.3 Å². The lowest BCUT2D eigenvalue weighted by Crippen LogP contribution is -2.37. The number of esters is 1. The fourth-order valence-corrected chi connectivity index (χ4v) is 1.91. The van der Waals surface area contributed by atoms with Crippen LogP contribution >= 0.6 is 0 Å². The summed E-state index contributed by atoms with van der Waals surface area (Å²) in [6.45, 7) is 8.63. The van der Waals surface area contributed by atoms with Crippen molar-refractivity contribution in [3.05, 3.63) is 29.3 Å². The van der Waals surface area contributed by atoms with Crippen LogP contribution in [0.5, 0.6) is 5.75 Å². The van der Waals surface area contributed by atoms with Crippen LogP contribution in [-0.4, -0.2) is 25.7 Å². The number of hydrogen-bond donors (Lipinski definition) is 1. The Morgan fingerprint density at radius 1 is 1.35 bits per heavy atom. The van der Waals surface area contributed by atoms with Gasteiger partial charge in [-0.2, -0.15) is 0 Å². The SMILES string of the molecule is CCc1ccc(OCC(N)C(=O)OC)c(C(C)(C)C)c1. The topological polar surface area (TPSA) is 61.5 Å². The number of carbonyl (C=O) groups excluding carboxylic acids is 1. The summed E-state index contributed by atoms with van der Waals surface area (Å²) in [6, 6.07) is 5.37. The highest BCUT2D eigenvalue weighted by molar-refractivity contribution is 5.75. The van der Waals surface area contributed by atoms with Gasteiger partial charge in [-0.15, -0.1) is 0 Å². The molecule has 0 fully saturated rings. The quantitative estimate of drug-likeness (QED) is 0.841. The molecule has 0 aromatic heterocycles. The molecule has 0 radical (unpaired) electrons. The van der Waals surface area contributed by atoms with Gasteiger partial charge in [0.1, 0.15) is 18.4 Å². The van der Waals surface area contributed by atoms with Gasteiger partial charge in [-0.3, -0.25) is 4.79 Å². The van der Waals surface area contributed by atoms with Crippen molar-refractivity contribution in [1.29, 1.82) is 0 Å². The van der Waals surface area contributed by atoms with Crippen molar-refractivity contribution in [1.82, 2.24) is 0 Å². The molecule has 1 rings (SSSR count). The summed E-state index contributed by atoms with van der Waals surface area (Å²) in [6.07, 6.45) is 0.977. The predicted octanol–water partition coefficient (Wildman–Crippen LogP) is 2.43. The van der Waals surface area contributed by atoms with Gasteiger partial charge in [0.25, 0.3) is 0 Å². The number of methoxy groups -OCH3 is 1. The third-order valence-corrected chi connectivity index (χ3v) is 3.18. The molecular weight excluding hydrogens is 254 g/mol. The molecule has 1 aromatic rings. The third kappa shape index (κ3) is 4.23. The second-order valence-electron chi connectivity index (χ2n) is 5.87. The number of carbonyl (C=O) groups is 1. The number of ether oxygens (including phenoxy) is 2. The zero-order valence-corrected chi connectivity index (χ0v) is 13.0. The zero-order chi connectivity index (χ0) is 15.3. The van der Waals surface area contributed by atoms with Crippen LogP contribution in [0.4, 0.5) is 0 Å². The summed E-state index contributed by atoms with van der Waals surface area (Å²) >= 11 is 0. The number of aryl methyl sites for hydroxylation is 1. The Labute approximate surface area is 121 Å². The van der Waals surface area contributed by atoms with E-state index in [0.717, 1.165) is 17.7 Å². The van der Waals surface area contributed by atoms with Gasteiger partial charge in [0.05, 0.1) is 7.11 Å². The maximum absolute atomic E-state index is 11.3. The van der Waals surface area contributed by atoms with Crippen molar-refractivity contribution in [2.24, 2.45) is 5.73 Å². The zero-order valence-electron chi connectivity index (χ0n) is 13.0. The highest BCUT2D eigenvalue weighted by Crippen LogP contribution is 2.32. The third-order valence-electron chi connectivity index (χ3n) is 3.18. The smallest absolute Gasteiger partial charge is 0.326 e. The van der Waals surface area contributed by atoms with E-state index in [0.29, 0.717) is 0 Å². The van der Waals surface area contributed by atoms with E-state index in [1.807, 2.05) is 12.1 Å². The summed E-state index contributed by atoms with van der Waals surface area (Å²) in [5, 5.41) is 0. The minimum atomic E-state index is -0.765. The maximum Gasteiger partial charge on any atom is 0.326 e. The van der Waals surface area contributed by atoms with Crippen LogP contribution < -0.4 is 10.5 Å². The standard InChI is InChI=1S/C16H25NO3/c1-6-11-7-8-14(12(9-11)16(2,3)4)20-10-13(17)15(18)19-5/h7-9,13H,6,10,17H2,1-5H3. The second kappa shape index (κ2) is 6.75. The van der Waals surface area contributed by atoms with Crippen LogP contribution in [0.15, 0.2) is 18.2 Å². The first-order valence-electron chi connectivity index (χ1n) is 6.89. The van der Waals surface area contributed by atoms with E-state index in [9.17, 15) is 4.79 Å². The first-order valence-corrected chi connectivity index (χ1v) is 6.89. The molecule has 20 heavy (non-hydrogen) atoms. The molecule has 0 heterocycles. The van der Waals surface area contributed by atoms with Gasteiger partial charge >= 0.3 is 5.97 Å². The Balaban J connectivity index is 2.92. The first-order chi connectivity index (χ1) is 9.29. The number of nitrogens with two attached hydrogens (primary N) is 1. The molecule has 1 aromatic carbocycles. The van der Waals surface area contributed by atoms with Gasteiger partial charge in [0, 0.05) is 0 Å². The van der Waals surface area contributed by atoms with Crippen molar-refractivity contribution in [3.63, 3.8) is 0 Å². The van der Waals surface area contributed by atoms with Crippen LogP contribution in [-0.2, 0) is 21.4 Å². The largest absolute Gasteiger partial charge is 0.491 e. The molecule has 112 valence electrons. The van der Waals surface area contributed by atoms with Crippen molar-refractivity contribution in [3.8, 4) is 5.75 Å². The summed E-state index contributed by atoms with van der Waals surface area (Å²) in [7, 11) is 1.32. The number of hydrogen-bond acceptors (Lipinski definition) is 4. The van der Waals surface area contributed by atoms with E-state index in [2.05, 4.69) is 38.5 Å². The molecule has 0 aliphatic carbocycles. The van der Waals surface area contributed by atoms with Crippen molar-refractivity contribution in [2.75, 3.05) is 13.7 Å². The Hall–Kier alpha value is -1.55. The first kappa shape index (κ1) is 16.5. The molecule has 0 saturated carbocycles. The molecule has 0 aliphatic heterocycles. The van der Waals surface area contributed by atoms with Crippen molar-refractivity contribution >= 4 is 5.97 Å². The van der Waals surface area contributed by atoms with Gasteiger partial charge in [0.15, 0.2) is 0 Å². The molecule has 0 amide bonds. The lowest BCUT2D eigenvalue weighted by molar-refractivity contribution is -0.142. The van der Waals surface area contributed by atoms with Crippen LogP contribution in [0.3, 0.4) is 0 Å². The average molecular weight is 279 g/mol. The van der Waals surface area contributed by atoms with E-state index >= 15 is 0 Å². The normalized spacial score (nSPS) is 12.9. The fourth-order valence-electron chi connectivity index (χ4n) is 1.91. The Morgan fingerprint density at radius 2 is 2.00 bits per heavy atom. The Kier molecular flexibility index (Phi) is 5.57. The van der Waals surface area contributed by atoms with Gasteiger partial charge < -0.3 is 15.2 Å². The van der Waals surface area contributed by atoms with Crippen molar-refractivity contribution in [2.45, 2.75) is 45.6 Å². The minimum Gasteiger partial charge on any atom is -0.491 e. The Bertz CT molecular complexity index is 463. The molecule has 0 spiro atoms. The molecule has 1 atom stereocenters.